The number of nitrogens with zero attached hydrogens (tertiary/aromatic N) is 2. The number of benzene rings is 1. The van der Waals surface area contributed by atoms with Gasteiger partial charge in [0.25, 0.3) is 0 Å². The Morgan fingerprint density at radius 2 is 2.12 bits per heavy atom. The number of anilines is 1. The second-order valence-corrected chi connectivity index (χ2v) is 5.81. The Morgan fingerprint density at radius 3 is 2.75 bits per heavy atom. The molecule has 128 valence electrons. The molecule has 0 aliphatic heterocycles. The van der Waals surface area contributed by atoms with Crippen LogP contribution in [0.1, 0.15) is 18.1 Å². The van der Waals surface area contributed by atoms with Gasteiger partial charge < -0.3 is 14.8 Å². The second-order valence-electron chi connectivity index (χ2n) is 4.96. The van der Waals surface area contributed by atoms with Crippen LogP contribution >= 0.6 is 15.9 Å². The molecule has 7 nitrogen and oxygen atoms in total. The minimum atomic E-state index is -0.435. The highest BCUT2D eigenvalue weighted by molar-refractivity contribution is 9.10. The van der Waals surface area contributed by atoms with Crippen molar-refractivity contribution < 1.29 is 14.4 Å². The summed E-state index contributed by atoms with van der Waals surface area (Å²) in [4.78, 5) is 15.0. The van der Waals surface area contributed by atoms with Crippen molar-refractivity contribution in [3.63, 3.8) is 0 Å². The zero-order valence-electron chi connectivity index (χ0n) is 13.6. The summed E-state index contributed by atoms with van der Waals surface area (Å²) in [6.07, 6.45) is 1.55. The van der Waals surface area contributed by atoms with Gasteiger partial charge in [-0.3, -0.25) is 10.1 Å². The van der Waals surface area contributed by atoms with E-state index in [9.17, 15) is 10.1 Å². The third-order valence-electron chi connectivity index (χ3n) is 3.42. The summed E-state index contributed by atoms with van der Waals surface area (Å²) in [6.45, 7) is 4.46. The molecule has 0 spiro atoms. The molecular weight excluding hydrogens is 378 g/mol. The maximum absolute atomic E-state index is 11.3. The van der Waals surface area contributed by atoms with Crippen molar-refractivity contribution >= 4 is 27.4 Å². The summed E-state index contributed by atoms with van der Waals surface area (Å²) < 4.78 is 11.4. The normalized spacial score (nSPS) is 10.3. The summed E-state index contributed by atoms with van der Waals surface area (Å²) >= 11 is 3.26. The molecule has 1 aromatic carbocycles. The first-order chi connectivity index (χ1) is 11.5. The van der Waals surface area contributed by atoms with Gasteiger partial charge in [-0.1, -0.05) is 6.07 Å². The van der Waals surface area contributed by atoms with Gasteiger partial charge in [-0.05, 0) is 47.5 Å². The van der Waals surface area contributed by atoms with E-state index in [1.54, 1.807) is 26.3 Å². The molecule has 0 saturated carbocycles. The molecule has 0 fully saturated rings. The third-order valence-corrected chi connectivity index (χ3v) is 4.21. The highest BCUT2D eigenvalue weighted by Gasteiger charge is 2.21. The highest BCUT2D eigenvalue weighted by Crippen LogP contribution is 2.32. The van der Waals surface area contributed by atoms with E-state index in [1.165, 1.54) is 0 Å². The van der Waals surface area contributed by atoms with Crippen molar-refractivity contribution in [3.8, 4) is 11.5 Å². The van der Waals surface area contributed by atoms with E-state index in [-0.39, 0.29) is 11.5 Å². The van der Waals surface area contributed by atoms with Crippen LogP contribution in [0.15, 0.2) is 28.9 Å². The summed E-state index contributed by atoms with van der Waals surface area (Å²) in [5.41, 5.74) is 1.39. The number of pyridine rings is 1. The molecule has 0 aliphatic rings. The maximum atomic E-state index is 11.3. The Hall–Kier alpha value is -2.35. The van der Waals surface area contributed by atoms with Gasteiger partial charge in [0.2, 0.25) is 5.82 Å². The van der Waals surface area contributed by atoms with E-state index >= 15 is 0 Å². The van der Waals surface area contributed by atoms with Crippen molar-refractivity contribution in [2.75, 3.05) is 19.0 Å². The zero-order valence-corrected chi connectivity index (χ0v) is 15.2. The largest absolute Gasteiger partial charge is 0.493 e. The fraction of sp³-hybridized carbons (Fsp3) is 0.312. The molecule has 1 aromatic heterocycles. The molecule has 8 heteroatoms. The molecule has 2 aromatic rings. The molecule has 1 heterocycles. The smallest absolute Gasteiger partial charge is 0.315 e. The Morgan fingerprint density at radius 1 is 1.38 bits per heavy atom. The van der Waals surface area contributed by atoms with Crippen molar-refractivity contribution in [1.29, 1.82) is 0 Å². The van der Waals surface area contributed by atoms with Crippen LogP contribution < -0.4 is 14.8 Å². The molecule has 0 radical (unpaired) electrons. The summed E-state index contributed by atoms with van der Waals surface area (Å²) in [6, 6.07) is 5.51. The van der Waals surface area contributed by atoms with Gasteiger partial charge in [0.05, 0.1) is 18.6 Å². The van der Waals surface area contributed by atoms with E-state index in [4.69, 9.17) is 9.47 Å². The van der Waals surface area contributed by atoms with Crippen LogP contribution in [0.2, 0.25) is 0 Å². The van der Waals surface area contributed by atoms with Crippen LogP contribution in [0.4, 0.5) is 11.5 Å². The van der Waals surface area contributed by atoms with Crippen molar-refractivity contribution in [2.24, 2.45) is 0 Å². The van der Waals surface area contributed by atoms with Crippen LogP contribution in [0.25, 0.3) is 0 Å². The van der Waals surface area contributed by atoms with Gasteiger partial charge >= 0.3 is 5.69 Å². The van der Waals surface area contributed by atoms with Gasteiger partial charge in [0.1, 0.15) is 0 Å². The number of nitrogens with one attached hydrogen (secondary N) is 1. The fourth-order valence-electron chi connectivity index (χ4n) is 2.21. The van der Waals surface area contributed by atoms with E-state index < -0.39 is 4.92 Å². The molecule has 0 aliphatic carbocycles. The third kappa shape index (κ3) is 3.94. The SMILES string of the molecule is CCOc1cc(CNc2ncc(Br)c(C)c2[N+](=O)[O-])ccc1OC. The molecule has 0 bridgehead atoms. The lowest BCUT2D eigenvalue weighted by atomic mass is 10.2. The van der Waals surface area contributed by atoms with Gasteiger partial charge in [-0.2, -0.15) is 0 Å². The molecule has 0 amide bonds. The summed E-state index contributed by atoms with van der Waals surface area (Å²) in [5.74, 6) is 1.51. The number of ether oxygens (including phenoxy) is 2. The number of aromatic nitrogens is 1. The van der Waals surface area contributed by atoms with E-state index in [1.807, 2.05) is 19.1 Å². The number of hydrogen-bond acceptors (Lipinski definition) is 6. The number of nitro groups is 1. The molecule has 2 rings (SSSR count). The predicted molar refractivity (Wildman–Crippen MR) is 94.8 cm³/mol. The molecule has 0 atom stereocenters. The number of hydrogen-bond donors (Lipinski definition) is 1. The standard InChI is InChI=1S/C16H18BrN3O4/c1-4-24-14-7-11(5-6-13(14)23-3)8-18-16-15(20(21)22)10(2)12(17)9-19-16/h5-7,9H,4,8H2,1-3H3,(H,18,19). The average Bonchev–Trinajstić information content (AvgIpc) is 2.56. The monoisotopic (exact) mass is 395 g/mol. The lowest BCUT2D eigenvalue weighted by Crippen LogP contribution is -2.07. The quantitative estimate of drug-likeness (QED) is 0.561. The first-order valence-electron chi connectivity index (χ1n) is 7.31. The van der Waals surface area contributed by atoms with Gasteiger partial charge in [-0.25, -0.2) is 4.98 Å². The van der Waals surface area contributed by atoms with Crippen molar-refractivity contribution in [1.82, 2.24) is 4.98 Å². The van der Waals surface area contributed by atoms with E-state index in [0.717, 1.165) is 5.56 Å². The number of rotatable bonds is 7. The zero-order chi connectivity index (χ0) is 17.7. The predicted octanol–water partition coefficient (Wildman–Crippen LogP) is 4.08. The maximum Gasteiger partial charge on any atom is 0.315 e. The van der Waals surface area contributed by atoms with Crippen LogP contribution in [0.5, 0.6) is 11.5 Å². The Labute approximate surface area is 148 Å². The van der Waals surface area contributed by atoms with Crippen LogP contribution in [0, 0.1) is 17.0 Å². The van der Waals surface area contributed by atoms with E-state index in [2.05, 4.69) is 26.2 Å². The van der Waals surface area contributed by atoms with Gasteiger partial charge in [0.15, 0.2) is 11.5 Å². The lowest BCUT2D eigenvalue weighted by Gasteiger charge is -2.12. The average molecular weight is 396 g/mol. The lowest BCUT2D eigenvalue weighted by molar-refractivity contribution is -0.384. The van der Waals surface area contributed by atoms with Gasteiger partial charge in [-0.15, -0.1) is 0 Å². The minimum absolute atomic E-state index is 0.0390. The van der Waals surface area contributed by atoms with Crippen molar-refractivity contribution in [2.45, 2.75) is 20.4 Å². The first-order valence-corrected chi connectivity index (χ1v) is 8.10. The number of halogens is 1. The van der Waals surface area contributed by atoms with Crippen molar-refractivity contribution in [3.05, 3.63) is 50.1 Å². The summed E-state index contributed by atoms with van der Waals surface area (Å²) in [5, 5.41) is 14.3. The van der Waals surface area contributed by atoms with E-state index in [0.29, 0.717) is 34.7 Å². The molecule has 0 unspecified atom stereocenters. The molecule has 1 N–H and O–H groups in total. The molecule has 0 saturated heterocycles. The Bertz CT molecular complexity index is 752. The fourth-order valence-corrected chi connectivity index (χ4v) is 2.50. The first kappa shape index (κ1) is 18.0. The second kappa shape index (κ2) is 7.96. The number of methoxy groups -OCH3 is 1. The van der Waals surface area contributed by atoms with Crippen LogP contribution in [-0.4, -0.2) is 23.6 Å². The summed E-state index contributed by atoms with van der Waals surface area (Å²) in [7, 11) is 1.58. The molecular formula is C16H18BrN3O4. The Balaban J connectivity index is 2.24. The van der Waals surface area contributed by atoms with Crippen LogP contribution in [-0.2, 0) is 6.54 Å². The minimum Gasteiger partial charge on any atom is -0.493 e. The highest BCUT2D eigenvalue weighted by atomic mass is 79.9. The van der Waals surface area contributed by atoms with Gasteiger partial charge in [0, 0.05) is 22.8 Å². The topological polar surface area (TPSA) is 86.5 Å². The van der Waals surface area contributed by atoms with Crippen LogP contribution in [0.3, 0.4) is 0 Å². The molecule has 24 heavy (non-hydrogen) atoms. The Kier molecular flexibility index (Phi) is 5.97.